The molecule has 3 aromatic rings. The number of hydrogen-bond acceptors (Lipinski definition) is 2. The van der Waals surface area contributed by atoms with Gasteiger partial charge in [-0.2, -0.15) is 5.26 Å². The summed E-state index contributed by atoms with van der Waals surface area (Å²) in [4.78, 5) is 7.53. The largest absolute Gasteiger partial charge is 0.345 e. The third kappa shape index (κ3) is 2.84. The van der Waals surface area contributed by atoms with Crippen molar-refractivity contribution >= 4 is 5.69 Å². The smallest absolute Gasteiger partial charge is 0.187 e. The molecule has 0 unspecified atom stereocenters. The number of pyridine rings is 1. The van der Waals surface area contributed by atoms with Crippen molar-refractivity contribution in [1.82, 2.24) is 9.55 Å². The van der Waals surface area contributed by atoms with Gasteiger partial charge in [0.05, 0.1) is 12.1 Å². The molecule has 3 rings (SSSR count). The van der Waals surface area contributed by atoms with Crippen LogP contribution in [0, 0.1) is 24.8 Å². The highest BCUT2D eigenvalue weighted by molar-refractivity contribution is 5.73. The Morgan fingerprint density at radius 3 is 2.65 bits per heavy atom. The van der Waals surface area contributed by atoms with Gasteiger partial charge in [-0.15, -0.1) is 0 Å². The summed E-state index contributed by atoms with van der Waals surface area (Å²) < 4.78 is 2.06. The minimum atomic E-state index is 0.596. The minimum absolute atomic E-state index is 0.596. The second kappa shape index (κ2) is 6.17. The van der Waals surface area contributed by atoms with Crippen LogP contribution in [0.3, 0.4) is 0 Å². The zero-order valence-corrected chi connectivity index (χ0v) is 12.7. The second-order valence-electron chi connectivity index (χ2n) is 5.26. The van der Waals surface area contributed by atoms with E-state index in [1.807, 2.05) is 43.6 Å². The van der Waals surface area contributed by atoms with Gasteiger partial charge in [-0.3, -0.25) is 4.98 Å². The molecule has 0 N–H and O–H groups in total. The maximum Gasteiger partial charge on any atom is 0.187 e. The first-order chi connectivity index (χ1) is 11.2. The summed E-state index contributed by atoms with van der Waals surface area (Å²) in [7, 11) is 0. The maximum absolute atomic E-state index is 9.52. The van der Waals surface area contributed by atoms with Gasteiger partial charge in [0, 0.05) is 36.4 Å². The van der Waals surface area contributed by atoms with Crippen LogP contribution in [0.5, 0.6) is 0 Å². The van der Waals surface area contributed by atoms with Gasteiger partial charge in [0.1, 0.15) is 6.07 Å². The van der Waals surface area contributed by atoms with E-state index in [9.17, 15) is 5.26 Å². The van der Waals surface area contributed by atoms with Crippen LogP contribution in [-0.2, 0) is 6.54 Å². The molecule has 110 valence electrons. The highest BCUT2D eigenvalue weighted by Gasteiger charge is 2.14. The van der Waals surface area contributed by atoms with Crippen molar-refractivity contribution in [3.05, 3.63) is 83.2 Å². The van der Waals surface area contributed by atoms with Gasteiger partial charge in [-0.1, -0.05) is 30.3 Å². The van der Waals surface area contributed by atoms with Gasteiger partial charge in [0.25, 0.3) is 0 Å². The fraction of sp³-hybridized carbons (Fsp3) is 0.105. The van der Waals surface area contributed by atoms with E-state index in [1.54, 1.807) is 18.3 Å². The molecule has 0 aliphatic rings. The van der Waals surface area contributed by atoms with Crippen molar-refractivity contribution in [2.24, 2.45) is 0 Å². The van der Waals surface area contributed by atoms with Crippen LogP contribution in [0.4, 0.5) is 5.69 Å². The molecule has 4 nitrogen and oxygen atoms in total. The van der Waals surface area contributed by atoms with Crippen LogP contribution in [0.15, 0.2) is 55.0 Å². The van der Waals surface area contributed by atoms with Crippen molar-refractivity contribution in [3.63, 3.8) is 0 Å². The molecule has 0 atom stereocenters. The first kappa shape index (κ1) is 14.6. The van der Waals surface area contributed by atoms with Crippen molar-refractivity contribution in [1.29, 1.82) is 5.26 Å². The fourth-order valence-corrected chi connectivity index (χ4v) is 2.58. The Labute approximate surface area is 135 Å². The highest BCUT2D eigenvalue weighted by Crippen LogP contribution is 2.29. The summed E-state index contributed by atoms with van der Waals surface area (Å²) in [6.07, 6.45) is 5.57. The molecule has 0 saturated heterocycles. The molecule has 0 saturated carbocycles. The van der Waals surface area contributed by atoms with Crippen molar-refractivity contribution < 1.29 is 0 Å². The fourth-order valence-electron chi connectivity index (χ4n) is 2.58. The predicted molar refractivity (Wildman–Crippen MR) is 88.9 cm³/mol. The van der Waals surface area contributed by atoms with Crippen LogP contribution in [0.25, 0.3) is 16.0 Å². The Hall–Kier alpha value is -3.37. The number of aromatic nitrogens is 2. The van der Waals surface area contributed by atoms with E-state index in [2.05, 4.69) is 20.5 Å². The SMILES string of the molecule is [C-]#[N+]c1ccc(-c2cn(Cc3cccnc3)c(C)c2C#N)cc1. The molecular weight excluding hydrogens is 284 g/mol. The molecular formula is C19H14N4. The zero-order chi connectivity index (χ0) is 16.2. The molecule has 0 fully saturated rings. The average Bonchev–Trinajstić information content (AvgIpc) is 2.92. The van der Waals surface area contributed by atoms with Gasteiger partial charge in [-0.05, 0) is 24.1 Å². The topological polar surface area (TPSA) is 46.0 Å². The molecule has 0 spiro atoms. The molecule has 2 heterocycles. The quantitative estimate of drug-likeness (QED) is 0.676. The highest BCUT2D eigenvalue weighted by atomic mass is 15.0. The summed E-state index contributed by atoms with van der Waals surface area (Å²) in [5.41, 5.74) is 5.13. The van der Waals surface area contributed by atoms with Crippen molar-refractivity contribution in [3.8, 4) is 17.2 Å². The average molecular weight is 298 g/mol. The summed E-state index contributed by atoms with van der Waals surface area (Å²) in [5.74, 6) is 0. The van der Waals surface area contributed by atoms with Gasteiger partial charge in [0.15, 0.2) is 5.69 Å². The van der Waals surface area contributed by atoms with E-state index >= 15 is 0 Å². The lowest BCUT2D eigenvalue weighted by atomic mass is 10.0. The van der Waals surface area contributed by atoms with Gasteiger partial charge < -0.3 is 4.57 Å². The summed E-state index contributed by atoms with van der Waals surface area (Å²) in [6, 6.07) is 13.5. The Morgan fingerprint density at radius 1 is 1.26 bits per heavy atom. The van der Waals surface area contributed by atoms with E-state index in [-0.39, 0.29) is 0 Å². The van der Waals surface area contributed by atoms with Crippen molar-refractivity contribution in [2.75, 3.05) is 0 Å². The predicted octanol–water partition coefficient (Wildman–Crippen LogP) is 4.33. The lowest BCUT2D eigenvalue weighted by Gasteiger charge is -2.05. The standard InChI is InChI=1S/C19H14N4/c1-14-18(10-20)19(16-5-7-17(21-2)8-6-16)13-23(14)12-15-4-3-9-22-11-15/h3-9,11,13H,12H2,1H3. The zero-order valence-electron chi connectivity index (χ0n) is 12.7. The molecule has 2 aromatic heterocycles. The molecule has 0 radical (unpaired) electrons. The molecule has 0 bridgehead atoms. The van der Waals surface area contributed by atoms with Gasteiger partial charge >= 0.3 is 0 Å². The van der Waals surface area contributed by atoms with Crippen LogP contribution < -0.4 is 0 Å². The third-order valence-corrected chi connectivity index (χ3v) is 3.84. The summed E-state index contributed by atoms with van der Waals surface area (Å²) in [6.45, 7) is 9.65. The van der Waals surface area contributed by atoms with Gasteiger partial charge in [-0.25, -0.2) is 4.85 Å². The first-order valence-corrected chi connectivity index (χ1v) is 7.19. The molecule has 0 aliphatic heterocycles. The molecule has 0 amide bonds. The van der Waals surface area contributed by atoms with E-state index in [1.165, 1.54) is 0 Å². The lowest BCUT2D eigenvalue weighted by molar-refractivity contribution is 0.772. The molecule has 23 heavy (non-hydrogen) atoms. The first-order valence-electron chi connectivity index (χ1n) is 7.19. The summed E-state index contributed by atoms with van der Waals surface area (Å²) >= 11 is 0. The Balaban J connectivity index is 2.03. The van der Waals surface area contributed by atoms with Crippen LogP contribution in [-0.4, -0.2) is 9.55 Å². The lowest BCUT2D eigenvalue weighted by Crippen LogP contribution is -2.00. The number of nitrogens with zero attached hydrogens (tertiary/aromatic N) is 4. The monoisotopic (exact) mass is 298 g/mol. The molecule has 0 aliphatic carbocycles. The Morgan fingerprint density at radius 2 is 2.04 bits per heavy atom. The van der Waals surface area contributed by atoms with E-state index in [4.69, 9.17) is 6.57 Å². The Kier molecular flexibility index (Phi) is 3.91. The van der Waals surface area contributed by atoms with E-state index < -0.39 is 0 Å². The summed E-state index contributed by atoms with van der Waals surface area (Å²) in [5, 5.41) is 9.52. The molecule has 1 aromatic carbocycles. The normalized spacial score (nSPS) is 10.0. The minimum Gasteiger partial charge on any atom is -0.345 e. The maximum atomic E-state index is 9.52. The Bertz CT molecular complexity index is 907. The van der Waals surface area contributed by atoms with Crippen LogP contribution >= 0.6 is 0 Å². The number of hydrogen-bond donors (Lipinski definition) is 0. The van der Waals surface area contributed by atoms with E-state index in [0.717, 1.165) is 22.4 Å². The number of benzene rings is 1. The number of nitriles is 1. The molecule has 4 heteroatoms. The second-order valence-corrected chi connectivity index (χ2v) is 5.26. The van der Waals surface area contributed by atoms with E-state index in [0.29, 0.717) is 17.8 Å². The van der Waals surface area contributed by atoms with Crippen LogP contribution in [0.1, 0.15) is 16.8 Å². The third-order valence-electron chi connectivity index (χ3n) is 3.84. The van der Waals surface area contributed by atoms with Crippen molar-refractivity contribution in [2.45, 2.75) is 13.5 Å². The number of rotatable bonds is 3. The van der Waals surface area contributed by atoms with Crippen LogP contribution in [0.2, 0.25) is 0 Å². The van der Waals surface area contributed by atoms with Gasteiger partial charge in [0.2, 0.25) is 0 Å².